The molecule has 2 amide bonds. The molecule has 0 aliphatic carbocycles. The number of amides is 2. The Morgan fingerprint density at radius 3 is 2.32 bits per heavy atom. The van der Waals surface area contributed by atoms with Crippen molar-refractivity contribution in [2.75, 3.05) is 30.8 Å². The van der Waals surface area contributed by atoms with Crippen molar-refractivity contribution in [3.05, 3.63) is 52.7 Å². The Bertz CT molecular complexity index is 1130. The molecule has 182 valence electrons. The molecular formula is C25H32FN5O3. The molecule has 0 saturated heterocycles. The lowest BCUT2D eigenvalue weighted by Gasteiger charge is -2.11. The quantitative estimate of drug-likeness (QED) is 0.229. The Labute approximate surface area is 199 Å². The Balaban J connectivity index is 2.19. The molecule has 0 fully saturated rings. The molecule has 9 heteroatoms. The first-order valence-electron chi connectivity index (χ1n) is 11.0. The minimum Gasteiger partial charge on any atom is -0.492 e. The summed E-state index contributed by atoms with van der Waals surface area (Å²) < 4.78 is 20.5. The van der Waals surface area contributed by atoms with E-state index in [2.05, 4.69) is 32.8 Å². The van der Waals surface area contributed by atoms with Crippen LogP contribution in [0.5, 0.6) is 5.75 Å². The number of halogens is 1. The van der Waals surface area contributed by atoms with Gasteiger partial charge >= 0.3 is 0 Å². The second-order valence-corrected chi connectivity index (χ2v) is 7.78. The van der Waals surface area contributed by atoms with Gasteiger partial charge in [0, 0.05) is 36.2 Å². The van der Waals surface area contributed by atoms with Crippen molar-refractivity contribution in [2.24, 2.45) is 4.99 Å². The number of carbonyl (C=O) groups is 2. The monoisotopic (exact) mass is 469 g/mol. The van der Waals surface area contributed by atoms with Gasteiger partial charge < -0.3 is 26.0 Å². The van der Waals surface area contributed by atoms with Gasteiger partial charge in [-0.15, -0.1) is 0 Å². The summed E-state index contributed by atoms with van der Waals surface area (Å²) in [6, 6.07) is 9.71. The highest BCUT2D eigenvalue weighted by atomic mass is 19.1. The van der Waals surface area contributed by atoms with E-state index in [4.69, 9.17) is 4.74 Å². The normalized spacial score (nSPS) is 11.9. The summed E-state index contributed by atoms with van der Waals surface area (Å²) in [5.41, 5.74) is 1.16. The number of likely N-dealkylation sites (N-methyl/N-ethyl adjacent to an activating group) is 1. The fourth-order valence-corrected chi connectivity index (χ4v) is 3.04. The van der Waals surface area contributed by atoms with E-state index >= 15 is 0 Å². The summed E-state index contributed by atoms with van der Waals surface area (Å²) in [6.07, 6.45) is 1.29. The first-order valence-corrected chi connectivity index (χ1v) is 11.0. The zero-order valence-electron chi connectivity index (χ0n) is 20.0. The zero-order chi connectivity index (χ0) is 25.1. The van der Waals surface area contributed by atoms with Crippen molar-refractivity contribution in [2.45, 2.75) is 33.2 Å². The fourth-order valence-electron chi connectivity index (χ4n) is 3.04. The van der Waals surface area contributed by atoms with Gasteiger partial charge in [-0.2, -0.15) is 0 Å². The molecule has 0 atom stereocenters. The summed E-state index contributed by atoms with van der Waals surface area (Å²) in [7, 11) is 1.81. The second-order valence-electron chi connectivity index (χ2n) is 7.78. The molecule has 0 aliphatic heterocycles. The molecule has 0 saturated carbocycles. The van der Waals surface area contributed by atoms with Gasteiger partial charge in [0.1, 0.15) is 30.4 Å². The molecule has 0 aliphatic rings. The number of rotatable bonds is 11. The second kappa shape index (κ2) is 13.1. The van der Waals surface area contributed by atoms with Gasteiger partial charge in [-0.1, -0.05) is 6.58 Å². The van der Waals surface area contributed by atoms with Gasteiger partial charge in [0.25, 0.3) is 0 Å². The van der Waals surface area contributed by atoms with Gasteiger partial charge in [-0.25, -0.2) is 9.38 Å². The number of carbonyl (C=O) groups excluding carboxylic acids is 2. The van der Waals surface area contributed by atoms with Crippen molar-refractivity contribution in [1.82, 2.24) is 10.6 Å². The van der Waals surface area contributed by atoms with Gasteiger partial charge in [-0.3, -0.25) is 9.59 Å². The van der Waals surface area contributed by atoms with E-state index in [0.717, 1.165) is 0 Å². The number of aliphatic imine (C=N–C) groups is 1. The minimum atomic E-state index is -0.511. The van der Waals surface area contributed by atoms with Crippen molar-refractivity contribution in [3.8, 4) is 5.75 Å². The number of ether oxygens (including phenoxy) is 1. The van der Waals surface area contributed by atoms with Gasteiger partial charge in [0.05, 0.1) is 5.22 Å². The molecular weight excluding hydrogens is 437 g/mol. The van der Waals surface area contributed by atoms with Crippen LogP contribution in [0, 0.1) is 5.82 Å². The predicted molar refractivity (Wildman–Crippen MR) is 135 cm³/mol. The van der Waals surface area contributed by atoms with Crippen LogP contribution in [0.15, 0.2) is 41.4 Å². The van der Waals surface area contributed by atoms with Gasteiger partial charge in [0.2, 0.25) is 11.8 Å². The van der Waals surface area contributed by atoms with E-state index in [9.17, 15) is 14.0 Å². The summed E-state index contributed by atoms with van der Waals surface area (Å²) >= 11 is 0. The van der Waals surface area contributed by atoms with Crippen LogP contribution in [0.4, 0.5) is 15.8 Å². The van der Waals surface area contributed by atoms with Crippen LogP contribution in [-0.2, 0) is 9.59 Å². The number of benzene rings is 2. The molecule has 34 heavy (non-hydrogen) atoms. The molecule has 0 aromatic heterocycles. The van der Waals surface area contributed by atoms with E-state index in [-0.39, 0.29) is 29.4 Å². The highest BCUT2D eigenvalue weighted by Gasteiger charge is 2.11. The maximum atomic E-state index is 14.9. The SMILES string of the molecule is C=c1cc(OCCNC)cc(F)/c1=C(/N=C\C)Nc1ccc(NC(=O)CC(=O)NC(C)C)cc1. The van der Waals surface area contributed by atoms with E-state index in [1.54, 1.807) is 43.5 Å². The Kier molecular flexibility index (Phi) is 10.2. The third-order valence-corrected chi connectivity index (χ3v) is 4.46. The maximum absolute atomic E-state index is 14.9. The fraction of sp³-hybridized carbons (Fsp3) is 0.320. The van der Waals surface area contributed by atoms with Gasteiger partial charge in [-0.05, 0) is 63.4 Å². The van der Waals surface area contributed by atoms with E-state index in [1.165, 1.54) is 6.07 Å². The molecule has 8 nitrogen and oxygen atoms in total. The third kappa shape index (κ3) is 8.32. The number of hydrogen-bond acceptors (Lipinski definition) is 6. The summed E-state index contributed by atoms with van der Waals surface area (Å²) in [5.74, 6) is -0.588. The maximum Gasteiger partial charge on any atom is 0.233 e. The summed E-state index contributed by atoms with van der Waals surface area (Å²) in [6.45, 7) is 10.4. The largest absolute Gasteiger partial charge is 0.492 e. The molecule has 4 N–H and O–H groups in total. The molecule has 0 heterocycles. The highest BCUT2D eigenvalue weighted by molar-refractivity contribution is 6.03. The number of nitrogens with zero attached hydrogens (tertiary/aromatic N) is 1. The highest BCUT2D eigenvalue weighted by Crippen LogP contribution is 2.16. The van der Waals surface area contributed by atoms with Crippen LogP contribution >= 0.6 is 0 Å². The van der Waals surface area contributed by atoms with Crippen LogP contribution in [-0.4, -0.2) is 44.3 Å². The van der Waals surface area contributed by atoms with Crippen LogP contribution in [0.3, 0.4) is 0 Å². The number of nitrogens with one attached hydrogen (secondary N) is 4. The standard InChI is InChI=1S/C25H32FN5O3/c1-6-28-25(24-17(4)13-20(14-21(24)26)34-12-11-27-5)31-19-9-7-18(8-10-19)30-23(33)15-22(32)29-16(2)3/h6-10,13-14,16,27,31H,4,11-12,15H2,1-3,5H3,(H,29,32)(H,30,33)/b25-24-,28-6-. The first-order chi connectivity index (χ1) is 16.2. The number of anilines is 2. The number of hydrogen-bond donors (Lipinski definition) is 4. The lowest BCUT2D eigenvalue weighted by Crippen LogP contribution is -2.33. The molecule has 2 rings (SSSR count). The molecule has 2 aromatic rings. The average Bonchev–Trinajstić information content (AvgIpc) is 2.74. The summed E-state index contributed by atoms with van der Waals surface area (Å²) in [5, 5.41) is 12.1. The lowest BCUT2D eigenvalue weighted by molar-refractivity contribution is -0.127. The smallest absolute Gasteiger partial charge is 0.233 e. The molecule has 0 unspecified atom stereocenters. The molecule has 0 radical (unpaired) electrons. The van der Waals surface area contributed by atoms with Crippen LogP contribution in [0.25, 0.3) is 12.4 Å². The van der Waals surface area contributed by atoms with Crippen LogP contribution in [0.2, 0.25) is 0 Å². The third-order valence-electron chi connectivity index (χ3n) is 4.46. The van der Waals surface area contributed by atoms with E-state index in [0.29, 0.717) is 35.5 Å². The van der Waals surface area contributed by atoms with Crippen LogP contribution < -0.4 is 36.4 Å². The predicted octanol–water partition coefficient (Wildman–Crippen LogP) is 1.96. The van der Waals surface area contributed by atoms with Crippen molar-refractivity contribution < 1.29 is 18.7 Å². The minimum absolute atomic E-state index is 0.0346. The Morgan fingerprint density at radius 2 is 1.76 bits per heavy atom. The average molecular weight is 470 g/mol. The zero-order valence-corrected chi connectivity index (χ0v) is 20.0. The van der Waals surface area contributed by atoms with Crippen molar-refractivity contribution >= 4 is 41.8 Å². The molecule has 2 aromatic carbocycles. The Hall–Kier alpha value is -3.72. The van der Waals surface area contributed by atoms with Crippen molar-refractivity contribution in [1.29, 1.82) is 0 Å². The first kappa shape index (κ1) is 26.5. The van der Waals surface area contributed by atoms with E-state index in [1.807, 2.05) is 20.9 Å². The summed E-state index contributed by atoms with van der Waals surface area (Å²) in [4.78, 5) is 28.1. The topological polar surface area (TPSA) is 104 Å². The molecule has 0 spiro atoms. The van der Waals surface area contributed by atoms with E-state index < -0.39 is 11.7 Å². The van der Waals surface area contributed by atoms with Gasteiger partial charge in [0.15, 0.2) is 0 Å². The lowest BCUT2D eigenvalue weighted by atomic mass is 10.2. The molecule has 0 bridgehead atoms. The Morgan fingerprint density at radius 1 is 1.12 bits per heavy atom. The van der Waals surface area contributed by atoms with Crippen molar-refractivity contribution in [3.63, 3.8) is 0 Å². The van der Waals surface area contributed by atoms with Crippen LogP contribution in [0.1, 0.15) is 27.2 Å².